The number of nitrogens with two attached hydrogens (primary N) is 1. The summed E-state index contributed by atoms with van der Waals surface area (Å²) >= 11 is 0. The van der Waals surface area contributed by atoms with Gasteiger partial charge in [0, 0.05) is 13.1 Å². The van der Waals surface area contributed by atoms with E-state index in [0.717, 1.165) is 26.1 Å². The largest absolute Gasteiger partial charge is 0.330 e. The molecule has 0 aromatic heterocycles. The molecule has 0 fully saturated rings. The number of nitrogens with zero attached hydrogens (tertiary/aromatic N) is 1. The minimum absolute atomic E-state index is 0.677. The summed E-state index contributed by atoms with van der Waals surface area (Å²) in [4.78, 5) is 2.38. The Labute approximate surface area is 106 Å². The molecule has 0 bridgehead atoms. The van der Waals surface area contributed by atoms with Crippen molar-refractivity contribution in [1.82, 2.24) is 4.90 Å². The summed E-state index contributed by atoms with van der Waals surface area (Å²) in [6.07, 6.45) is 1.11. The minimum Gasteiger partial charge on any atom is -0.330 e. The lowest BCUT2D eigenvalue weighted by molar-refractivity contribution is 0.273. The standard InChI is InChI=1S/C15H26N2/c1-12(7-8-16)10-17(4)11-15-6-5-13(2)14(3)9-15/h5-6,9,12H,7-8,10-11,16H2,1-4H3. The molecule has 2 nitrogen and oxygen atoms in total. The van der Waals surface area contributed by atoms with Crippen LogP contribution in [-0.2, 0) is 6.54 Å². The van der Waals surface area contributed by atoms with Crippen LogP contribution in [0.5, 0.6) is 0 Å². The molecule has 17 heavy (non-hydrogen) atoms. The van der Waals surface area contributed by atoms with Crippen molar-refractivity contribution in [1.29, 1.82) is 0 Å². The zero-order valence-electron chi connectivity index (χ0n) is 11.7. The van der Waals surface area contributed by atoms with Gasteiger partial charge in [-0.1, -0.05) is 25.1 Å². The van der Waals surface area contributed by atoms with Crippen molar-refractivity contribution >= 4 is 0 Å². The van der Waals surface area contributed by atoms with Gasteiger partial charge < -0.3 is 10.6 Å². The van der Waals surface area contributed by atoms with Gasteiger partial charge in [-0.2, -0.15) is 0 Å². The maximum atomic E-state index is 5.58. The fraction of sp³-hybridized carbons (Fsp3) is 0.600. The van der Waals surface area contributed by atoms with E-state index < -0.39 is 0 Å². The lowest BCUT2D eigenvalue weighted by Gasteiger charge is -2.21. The van der Waals surface area contributed by atoms with Gasteiger partial charge >= 0.3 is 0 Å². The number of hydrogen-bond acceptors (Lipinski definition) is 2. The third-order valence-corrected chi connectivity index (χ3v) is 3.31. The Morgan fingerprint density at radius 3 is 2.53 bits per heavy atom. The van der Waals surface area contributed by atoms with Gasteiger partial charge in [0.05, 0.1) is 0 Å². The van der Waals surface area contributed by atoms with Gasteiger partial charge in [0.1, 0.15) is 0 Å². The summed E-state index contributed by atoms with van der Waals surface area (Å²) in [6, 6.07) is 6.73. The summed E-state index contributed by atoms with van der Waals surface area (Å²) in [5.74, 6) is 0.677. The van der Waals surface area contributed by atoms with Crippen molar-refractivity contribution in [2.75, 3.05) is 20.1 Å². The number of hydrogen-bond donors (Lipinski definition) is 1. The smallest absolute Gasteiger partial charge is 0.0230 e. The van der Waals surface area contributed by atoms with Crippen molar-refractivity contribution in [3.63, 3.8) is 0 Å². The van der Waals surface area contributed by atoms with E-state index in [9.17, 15) is 0 Å². The molecule has 2 N–H and O–H groups in total. The van der Waals surface area contributed by atoms with E-state index >= 15 is 0 Å². The SMILES string of the molecule is Cc1ccc(CN(C)CC(C)CCN)cc1C. The molecule has 1 rings (SSSR count). The van der Waals surface area contributed by atoms with Crippen LogP contribution in [0.2, 0.25) is 0 Å². The van der Waals surface area contributed by atoms with Crippen molar-refractivity contribution in [3.8, 4) is 0 Å². The Bertz CT molecular complexity index is 347. The van der Waals surface area contributed by atoms with E-state index in [0.29, 0.717) is 5.92 Å². The van der Waals surface area contributed by atoms with Crippen LogP contribution in [0, 0.1) is 19.8 Å². The van der Waals surface area contributed by atoms with E-state index in [4.69, 9.17) is 5.73 Å². The maximum absolute atomic E-state index is 5.58. The molecule has 0 heterocycles. The molecule has 1 unspecified atom stereocenters. The molecular weight excluding hydrogens is 208 g/mol. The molecule has 96 valence electrons. The zero-order valence-corrected chi connectivity index (χ0v) is 11.7. The first-order valence-corrected chi connectivity index (χ1v) is 6.47. The van der Waals surface area contributed by atoms with Crippen molar-refractivity contribution in [2.24, 2.45) is 11.7 Å². The number of rotatable bonds is 6. The molecule has 0 radical (unpaired) electrons. The van der Waals surface area contributed by atoms with Crippen LogP contribution in [0.1, 0.15) is 30.0 Å². The third-order valence-electron chi connectivity index (χ3n) is 3.31. The molecule has 0 aliphatic rings. The van der Waals surface area contributed by atoms with E-state index in [1.54, 1.807) is 0 Å². The molecule has 0 amide bonds. The monoisotopic (exact) mass is 234 g/mol. The highest BCUT2D eigenvalue weighted by Gasteiger charge is 2.06. The van der Waals surface area contributed by atoms with Crippen LogP contribution in [0.4, 0.5) is 0 Å². The van der Waals surface area contributed by atoms with Gasteiger partial charge in [-0.3, -0.25) is 0 Å². The van der Waals surface area contributed by atoms with Crippen LogP contribution >= 0.6 is 0 Å². The van der Waals surface area contributed by atoms with Gasteiger partial charge in [0.25, 0.3) is 0 Å². The summed E-state index contributed by atoms with van der Waals surface area (Å²) in [5.41, 5.74) is 9.72. The fourth-order valence-corrected chi connectivity index (χ4v) is 2.19. The van der Waals surface area contributed by atoms with E-state index in [-0.39, 0.29) is 0 Å². The first-order chi connectivity index (χ1) is 8.02. The predicted molar refractivity (Wildman–Crippen MR) is 75.1 cm³/mol. The summed E-state index contributed by atoms with van der Waals surface area (Å²) in [6.45, 7) is 9.53. The normalized spacial score (nSPS) is 13.1. The first kappa shape index (κ1) is 14.2. The van der Waals surface area contributed by atoms with Gasteiger partial charge in [0.2, 0.25) is 0 Å². The molecule has 0 aliphatic heterocycles. The minimum atomic E-state index is 0.677. The summed E-state index contributed by atoms with van der Waals surface area (Å²) in [7, 11) is 2.18. The Morgan fingerprint density at radius 1 is 1.24 bits per heavy atom. The highest BCUT2D eigenvalue weighted by atomic mass is 15.1. The van der Waals surface area contributed by atoms with Crippen molar-refractivity contribution in [2.45, 2.75) is 33.7 Å². The van der Waals surface area contributed by atoms with Crippen LogP contribution in [-0.4, -0.2) is 25.0 Å². The molecule has 0 saturated carbocycles. The van der Waals surface area contributed by atoms with Gasteiger partial charge in [-0.15, -0.1) is 0 Å². The average molecular weight is 234 g/mol. The predicted octanol–water partition coefficient (Wildman–Crippen LogP) is 2.72. The van der Waals surface area contributed by atoms with Gasteiger partial charge in [0.15, 0.2) is 0 Å². The topological polar surface area (TPSA) is 29.3 Å². The zero-order chi connectivity index (χ0) is 12.8. The lowest BCUT2D eigenvalue weighted by atomic mass is 10.0. The molecule has 2 heteroatoms. The molecule has 0 aliphatic carbocycles. The van der Waals surface area contributed by atoms with Crippen LogP contribution < -0.4 is 5.73 Å². The third kappa shape index (κ3) is 4.88. The van der Waals surface area contributed by atoms with E-state index in [2.05, 4.69) is 50.9 Å². The highest BCUT2D eigenvalue weighted by Crippen LogP contribution is 2.12. The second-order valence-electron chi connectivity index (χ2n) is 5.30. The van der Waals surface area contributed by atoms with E-state index in [1.165, 1.54) is 16.7 Å². The van der Waals surface area contributed by atoms with Crippen LogP contribution in [0.15, 0.2) is 18.2 Å². The summed E-state index contributed by atoms with van der Waals surface area (Å²) < 4.78 is 0. The maximum Gasteiger partial charge on any atom is 0.0230 e. The Hall–Kier alpha value is -0.860. The molecule has 1 atom stereocenters. The lowest BCUT2D eigenvalue weighted by Crippen LogP contribution is -2.25. The first-order valence-electron chi connectivity index (χ1n) is 6.47. The molecule has 0 saturated heterocycles. The van der Waals surface area contributed by atoms with Gasteiger partial charge in [-0.05, 0) is 56.5 Å². The highest BCUT2D eigenvalue weighted by molar-refractivity contribution is 5.29. The van der Waals surface area contributed by atoms with Gasteiger partial charge in [-0.25, -0.2) is 0 Å². The average Bonchev–Trinajstić information content (AvgIpc) is 2.23. The number of aryl methyl sites for hydroxylation is 2. The molecule has 1 aromatic carbocycles. The molecule has 0 spiro atoms. The van der Waals surface area contributed by atoms with Crippen molar-refractivity contribution < 1.29 is 0 Å². The number of benzene rings is 1. The summed E-state index contributed by atoms with van der Waals surface area (Å²) in [5, 5.41) is 0. The van der Waals surface area contributed by atoms with Crippen molar-refractivity contribution in [3.05, 3.63) is 34.9 Å². The van der Waals surface area contributed by atoms with Crippen LogP contribution in [0.25, 0.3) is 0 Å². The quantitative estimate of drug-likeness (QED) is 0.820. The fourth-order valence-electron chi connectivity index (χ4n) is 2.19. The second-order valence-corrected chi connectivity index (χ2v) is 5.30. The Morgan fingerprint density at radius 2 is 1.94 bits per heavy atom. The second kappa shape index (κ2) is 6.77. The molecule has 1 aromatic rings. The Kier molecular flexibility index (Phi) is 5.66. The molecular formula is C15H26N2. The van der Waals surface area contributed by atoms with E-state index in [1.807, 2.05) is 0 Å². The van der Waals surface area contributed by atoms with Crippen LogP contribution in [0.3, 0.4) is 0 Å². The Balaban J connectivity index is 2.50.